The van der Waals surface area contributed by atoms with Crippen LogP contribution < -0.4 is 5.32 Å². The van der Waals surface area contributed by atoms with Gasteiger partial charge in [0.15, 0.2) is 6.29 Å². The van der Waals surface area contributed by atoms with Crippen LogP contribution in [0.15, 0.2) is 12.2 Å². The average Bonchev–Trinajstić information content (AvgIpc) is 3.17. The van der Waals surface area contributed by atoms with Crippen molar-refractivity contribution in [2.24, 2.45) is 0 Å². The summed E-state index contributed by atoms with van der Waals surface area (Å²) in [6.07, 6.45) is 33.6. The Hall–Kier alpha value is -1.07. The van der Waals surface area contributed by atoms with Gasteiger partial charge in [-0.3, -0.25) is 4.79 Å². The number of carbonyl (C=O) groups excluding carboxylic acids is 1. The molecule has 0 spiro atoms. The topological polar surface area (TPSA) is 149 Å². The van der Waals surface area contributed by atoms with Gasteiger partial charge in [-0.05, 0) is 38.5 Å². The van der Waals surface area contributed by atoms with Crippen LogP contribution in [0, 0.1) is 0 Å². The van der Waals surface area contributed by atoms with E-state index in [0.29, 0.717) is 12.8 Å². The number of unbranched alkanes of at least 4 members (excludes halogenated alkanes) is 26. The molecule has 1 rings (SSSR count). The van der Waals surface area contributed by atoms with Crippen molar-refractivity contribution in [2.45, 2.75) is 256 Å². The first-order valence-electron chi connectivity index (χ1n) is 22.9. The summed E-state index contributed by atoms with van der Waals surface area (Å²) in [5.74, 6) is -0.149. The highest BCUT2D eigenvalue weighted by atomic mass is 16.7. The van der Waals surface area contributed by atoms with Crippen molar-refractivity contribution in [2.75, 3.05) is 13.2 Å². The number of hydrogen-bond donors (Lipinski definition) is 6. The van der Waals surface area contributed by atoms with Crippen molar-refractivity contribution in [3.63, 3.8) is 0 Å². The van der Waals surface area contributed by atoms with Crippen LogP contribution in [0.25, 0.3) is 0 Å². The first-order chi connectivity index (χ1) is 26.3. The zero-order valence-corrected chi connectivity index (χ0v) is 35.0. The minimum Gasteiger partial charge on any atom is -0.394 e. The van der Waals surface area contributed by atoms with Gasteiger partial charge in [0.25, 0.3) is 0 Å². The Bertz CT molecular complexity index is 858. The number of rotatable bonds is 38. The quantitative estimate of drug-likeness (QED) is 0.0269. The minimum atomic E-state index is -1.55. The van der Waals surface area contributed by atoms with E-state index in [0.717, 1.165) is 38.5 Å². The monoisotopic (exact) mass is 770 g/mol. The zero-order chi connectivity index (χ0) is 39.5. The third-order valence-corrected chi connectivity index (χ3v) is 11.1. The van der Waals surface area contributed by atoms with Gasteiger partial charge in [0.2, 0.25) is 5.91 Å². The Morgan fingerprint density at radius 1 is 0.611 bits per heavy atom. The highest BCUT2D eigenvalue weighted by Crippen LogP contribution is 2.23. The van der Waals surface area contributed by atoms with Gasteiger partial charge in [-0.2, -0.15) is 0 Å². The molecule has 0 saturated carbocycles. The number of nitrogens with one attached hydrogen (secondary N) is 1. The van der Waals surface area contributed by atoms with Crippen molar-refractivity contribution in [1.82, 2.24) is 5.32 Å². The van der Waals surface area contributed by atoms with Crippen molar-refractivity contribution in [1.29, 1.82) is 0 Å². The zero-order valence-electron chi connectivity index (χ0n) is 35.0. The molecular formula is C45H87NO8. The molecule has 1 aliphatic heterocycles. The molecule has 9 heteroatoms. The lowest BCUT2D eigenvalue weighted by atomic mass is 9.99. The molecule has 0 aromatic carbocycles. The SMILES string of the molecule is CCCCCCCCCCC/C=C\CCCCCCCCCC(=O)NC(COC1OC(CO)C(O)C(O)C1O)C(O)CCCCCCCCCCCCC. The van der Waals surface area contributed by atoms with Gasteiger partial charge in [0.05, 0.1) is 25.4 Å². The Kier molecular flexibility index (Phi) is 34.2. The van der Waals surface area contributed by atoms with Crippen LogP contribution >= 0.6 is 0 Å². The third-order valence-electron chi connectivity index (χ3n) is 11.1. The molecule has 1 saturated heterocycles. The van der Waals surface area contributed by atoms with Gasteiger partial charge in [0, 0.05) is 6.42 Å². The second-order valence-corrected chi connectivity index (χ2v) is 16.2. The summed E-state index contributed by atoms with van der Waals surface area (Å²) >= 11 is 0. The Balaban J connectivity index is 2.29. The molecule has 1 amide bonds. The fourth-order valence-electron chi connectivity index (χ4n) is 7.39. The van der Waals surface area contributed by atoms with Gasteiger partial charge >= 0.3 is 0 Å². The van der Waals surface area contributed by atoms with E-state index in [1.54, 1.807) is 0 Å². The van der Waals surface area contributed by atoms with E-state index in [2.05, 4.69) is 31.3 Å². The molecule has 0 aromatic heterocycles. The molecule has 0 bridgehead atoms. The van der Waals surface area contributed by atoms with Crippen molar-refractivity contribution in [3.8, 4) is 0 Å². The molecule has 0 radical (unpaired) electrons. The molecule has 1 aliphatic rings. The lowest BCUT2D eigenvalue weighted by Crippen LogP contribution is -2.60. The molecule has 6 N–H and O–H groups in total. The number of amides is 1. The van der Waals surface area contributed by atoms with Crippen molar-refractivity contribution in [3.05, 3.63) is 12.2 Å². The van der Waals surface area contributed by atoms with E-state index in [9.17, 15) is 30.3 Å². The number of ether oxygens (including phenoxy) is 2. The highest BCUT2D eigenvalue weighted by Gasteiger charge is 2.44. The van der Waals surface area contributed by atoms with E-state index in [4.69, 9.17) is 9.47 Å². The van der Waals surface area contributed by atoms with Crippen LogP contribution in [0.4, 0.5) is 0 Å². The summed E-state index contributed by atoms with van der Waals surface area (Å²) < 4.78 is 11.2. The van der Waals surface area contributed by atoms with Gasteiger partial charge < -0.3 is 40.3 Å². The molecule has 1 heterocycles. The number of allylic oxidation sites excluding steroid dienone is 2. The largest absolute Gasteiger partial charge is 0.394 e. The second kappa shape index (κ2) is 36.3. The summed E-state index contributed by atoms with van der Waals surface area (Å²) in [7, 11) is 0. The first kappa shape index (κ1) is 50.9. The second-order valence-electron chi connectivity index (χ2n) is 16.2. The van der Waals surface area contributed by atoms with E-state index >= 15 is 0 Å². The summed E-state index contributed by atoms with van der Waals surface area (Å²) in [5.41, 5.74) is 0. The normalized spacial score (nSPS) is 21.5. The molecule has 320 valence electrons. The summed E-state index contributed by atoms with van der Waals surface area (Å²) in [6, 6.07) is -0.716. The van der Waals surface area contributed by atoms with Gasteiger partial charge in [0.1, 0.15) is 24.4 Å². The van der Waals surface area contributed by atoms with Crippen LogP contribution in [-0.2, 0) is 14.3 Å². The predicted molar refractivity (Wildman–Crippen MR) is 221 cm³/mol. The van der Waals surface area contributed by atoms with Crippen molar-refractivity contribution < 1.29 is 39.8 Å². The fourth-order valence-corrected chi connectivity index (χ4v) is 7.39. The molecule has 9 nitrogen and oxygen atoms in total. The van der Waals surface area contributed by atoms with Crippen LogP contribution in [-0.4, -0.2) is 87.5 Å². The van der Waals surface area contributed by atoms with Crippen LogP contribution in [0.5, 0.6) is 0 Å². The van der Waals surface area contributed by atoms with Gasteiger partial charge in [-0.15, -0.1) is 0 Å². The first-order valence-corrected chi connectivity index (χ1v) is 22.9. The molecule has 54 heavy (non-hydrogen) atoms. The van der Waals surface area contributed by atoms with Crippen molar-refractivity contribution >= 4 is 5.91 Å². The Morgan fingerprint density at radius 2 is 1.04 bits per heavy atom. The summed E-state index contributed by atoms with van der Waals surface area (Å²) in [5, 5.41) is 54.2. The van der Waals surface area contributed by atoms with Gasteiger partial charge in [-0.1, -0.05) is 180 Å². The molecular weight excluding hydrogens is 682 g/mol. The standard InChI is InChI=1S/C45H87NO8/c1-3-5-7-9-11-13-15-16-17-18-19-20-21-22-23-25-27-29-31-33-35-41(49)46-38(37-53-45-44(52)43(51)42(50)40(36-47)54-45)39(48)34-32-30-28-26-24-14-12-10-8-6-4-2/h19-20,38-40,42-45,47-48,50-52H,3-18,21-37H2,1-2H3,(H,46,49)/b20-19-. The van der Waals surface area contributed by atoms with Gasteiger partial charge in [-0.25, -0.2) is 0 Å². The molecule has 7 unspecified atom stereocenters. The predicted octanol–water partition coefficient (Wildman–Crippen LogP) is 9.34. The Labute approximate surface area is 331 Å². The lowest BCUT2D eigenvalue weighted by molar-refractivity contribution is -0.302. The smallest absolute Gasteiger partial charge is 0.220 e. The van der Waals surface area contributed by atoms with Crippen LogP contribution in [0.3, 0.4) is 0 Å². The number of aliphatic hydroxyl groups is 5. The number of carbonyl (C=O) groups is 1. The van der Waals surface area contributed by atoms with E-state index in [1.807, 2.05) is 0 Å². The van der Waals surface area contributed by atoms with E-state index in [1.165, 1.54) is 148 Å². The third kappa shape index (κ3) is 26.7. The lowest BCUT2D eigenvalue weighted by Gasteiger charge is -2.40. The molecule has 0 aromatic rings. The number of hydrogen-bond acceptors (Lipinski definition) is 8. The maximum absolute atomic E-state index is 12.9. The maximum Gasteiger partial charge on any atom is 0.220 e. The minimum absolute atomic E-state index is 0.137. The number of aliphatic hydroxyl groups excluding tert-OH is 5. The maximum atomic E-state index is 12.9. The van der Waals surface area contributed by atoms with Crippen LogP contribution in [0.1, 0.15) is 213 Å². The molecule has 7 atom stereocenters. The van der Waals surface area contributed by atoms with E-state index in [-0.39, 0.29) is 12.5 Å². The molecule has 1 fully saturated rings. The fraction of sp³-hybridized carbons (Fsp3) is 0.933. The highest BCUT2D eigenvalue weighted by molar-refractivity contribution is 5.76. The molecule has 0 aliphatic carbocycles. The van der Waals surface area contributed by atoms with E-state index < -0.39 is 49.5 Å². The summed E-state index contributed by atoms with van der Waals surface area (Å²) in [6.45, 7) is 3.82. The average molecular weight is 770 g/mol. The Morgan fingerprint density at radius 3 is 1.50 bits per heavy atom. The summed E-state index contributed by atoms with van der Waals surface area (Å²) in [4.78, 5) is 12.9. The van der Waals surface area contributed by atoms with Crippen LogP contribution in [0.2, 0.25) is 0 Å².